The van der Waals surface area contributed by atoms with Crippen molar-refractivity contribution in [3.8, 4) is 5.75 Å². The molecule has 2 amide bonds. The predicted molar refractivity (Wildman–Crippen MR) is 113 cm³/mol. The number of carbonyl (C=O) groups excluding carboxylic acids is 3. The number of ketones is 1. The van der Waals surface area contributed by atoms with Crippen LogP contribution in [0.5, 0.6) is 5.75 Å². The number of nitrogens with zero attached hydrogens (tertiary/aromatic N) is 1. The van der Waals surface area contributed by atoms with Crippen molar-refractivity contribution in [2.75, 3.05) is 27.0 Å². The van der Waals surface area contributed by atoms with E-state index in [9.17, 15) is 19.5 Å². The Morgan fingerprint density at radius 1 is 1.26 bits per heavy atom. The number of methoxy groups -OCH3 is 1. The Kier molecular flexibility index (Phi) is 8.41. The average molecular weight is 437 g/mol. The van der Waals surface area contributed by atoms with Crippen LogP contribution >= 0.6 is 0 Å². The van der Waals surface area contributed by atoms with Crippen molar-refractivity contribution in [2.45, 2.75) is 58.3 Å². The zero-order valence-electron chi connectivity index (χ0n) is 18.8. The molecule has 0 bridgehead atoms. The molecule has 0 aromatic heterocycles. The molecule has 1 heterocycles. The molecule has 1 aromatic rings. The number of likely N-dealkylation sites (tertiary alicyclic amines) is 1. The summed E-state index contributed by atoms with van der Waals surface area (Å²) in [5.74, 6) is -0.404. The molecule has 172 valence electrons. The van der Waals surface area contributed by atoms with Gasteiger partial charge in [-0.3, -0.25) is 9.59 Å². The molecule has 1 fully saturated rings. The summed E-state index contributed by atoms with van der Waals surface area (Å²) in [6.45, 7) is 7.25. The maximum atomic E-state index is 12.8. The highest BCUT2D eigenvalue weighted by Gasteiger charge is 2.31. The minimum absolute atomic E-state index is 0.0272. The van der Waals surface area contributed by atoms with Gasteiger partial charge in [0.25, 0.3) is 5.91 Å². The summed E-state index contributed by atoms with van der Waals surface area (Å²) < 4.78 is 15.7. The molecule has 31 heavy (non-hydrogen) atoms. The first-order valence-corrected chi connectivity index (χ1v) is 10.3. The maximum Gasteiger partial charge on any atom is 0.410 e. The monoisotopic (exact) mass is 436 g/mol. The van der Waals surface area contributed by atoms with E-state index in [4.69, 9.17) is 14.2 Å². The molecule has 0 spiro atoms. The van der Waals surface area contributed by atoms with E-state index in [1.807, 2.05) is 0 Å². The van der Waals surface area contributed by atoms with Crippen molar-refractivity contribution in [1.82, 2.24) is 10.2 Å². The molecule has 9 heteroatoms. The molecule has 1 aromatic carbocycles. The largest absolute Gasteiger partial charge is 0.467 e. The van der Waals surface area contributed by atoms with Gasteiger partial charge in [-0.15, -0.1) is 0 Å². The van der Waals surface area contributed by atoms with Crippen LogP contribution in [0.2, 0.25) is 0 Å². The summed E-state index contributed by atoms with van der Waals surface area (Å²) in [6, 6.07) is 3.83. The van der Waals surface area contributed by atoms with Crippen LogP contribution < -0.4 is 10.1 Å². The van der Waals surface area contributed by atoms with Crippen LogP contribution in [-0.2, 0) is 9.47 Å². The Hall–Kier alpha value is -2.65. The van der Waals surface area contributed by atoms with Gasteiger partial charge in [0.2, 0.25) is 0 Å². The van der Waals surface area contributed by atoms with Crippen molar-refractivity contribution in [1.29, 1.82) is 0 Å². The normalized spacial score (nSPS) is 19.4. The minimum atomic E-state index is -0.812. The second-order valence-corrected chi connectivity index (χ2v) is 8.53. The smallest absolute Gasteiger partial charge is 0.410 e. The fourth-order valence-corrected chi connectivity index (χ4v) is 3.22. The number of nitrogens with one attached hydrogen (secondary N) is 1. The number of hydrogen-bond donors (Lipinski definition) is 2. The average Bonchev–Trinajstić information content (AvgIpc) is 2.86. The van der Waals surface area contributed by atoms with E-state index < -0.39 is 29.7 Å². The summed E-state index contributed by atoms with van der Waals surface area (Å²) >= 11 is 0. The maximum absolute atomic E-state index is 12.8. The van der Waals surface area contributed by atoms with E-state index >= 15 is 0 Å². The van der Waals surface area contributed by atoms with Crippen molar-refractivity contribution in [3.05, 3.63) is 29.3 Å². The van der Waals surface area contributed by atoms with Crippen LogP contribution in [0.3, 0.4) is 0 Å². The number of Topliss-reactive ketones (excluding diaryl/α,β-unsaturated/α-hetero) is 1. The first kappa shape index (κ1) is 24.6. The molecule has 0 unspecified atom stereocenters. The molecule has 2 atom stereocenters. The fraction of sp³-hybridized carbons (Fsp3) is 0.591. The van der Waals surface area contributed by atoms with Gasteiger partial charge >= 0.3 is 6.09 Å². The number of benzene rings is 1. The predicted octanol–water partition coefficient (Wildman–Crippen LogP) is 2.36. The Morgan fingerprint density at radius 2 is 1.97 bits per heavy atom. The van der Waals surface area contributed by atoms with Crippen molar-refractivity contribution in [3.63, 3.8) is 0 Å². The van der Waals surface area contributed by atoms with Gasteiger partial charge in [-0.25, -0.2) is 4.79 Å². The highest BCUT2D eigenvalue weighted by atomic mass is 16.7. The lowest BCUT2D eigenvalue weighted by Crippen LogP contribution is -2.50. The van der Waals surface area contributed by atoms with Crippen LogP contribution in [-0.4, -0.2) is 72.5 Å². The second-order valence-electron chi connectivity index (χ2n) is 8.53. The van der Waals surface area contributed by atoms with E-state index in [1.165, 1.54) is 37.1 Å². The summed E-state index contributed by atoms with van der Waals surface area (Å²) in [4.78, 5) is 38.8. The van der Waals surface area contributed by atoms with Gasteiger partial charge in [-0.05, 0) is 58.7 Å². The number of rotatable bonds is 6. The molecular formula is C22H32N2O7. The summed E-state index contributed by atoms with van der Waals surface area (Å²) in [6.07, 6.45) is -0.271. The highest BCUT2D eigenvalue weighted by Crippen LogP contribution is 2.22. The third-order valence-electron chi connectivity index (χ3n) is 4.73. The van der Waals surface area contributed by atoms with Crippen LogP contribution in [0.1, 0.15) is 61.3 Å². The lowest BCUT2D eigenvalue weighted by Gasteiger charge is -2.29. The summed E-state index contributed by atoms with van der Waals surface area (Å²) in [5.41, 5.74) is -0.145. The van der Waals surface area contributed by atoms with Gasteiger partial charge in [-0.1, -0.05) is 0 Å². The van der Waals surface area contributed by atoms with Crippen LogP contribution in [0.4, 0.5) is 4.79 Å². The molecule has 2 rings (SSSR count). The van der Waals surface area contributed by atoms with E-state index in [2.05, 4.69) is 5.32 Å². The Bertz CT molecular complexity index is 804. The van der Waals surface area contributed by atoms with E-state index in [0.29, 0.717) is 25.1 Å². The van der Waals surface area contributed by atoms with Crippen molar-refractivity contribution in [2.24, 2.45) is 0 Å². The van der Waals surface area contributed by atoms with Crippen molar-refractivity contribution < 1.29 is 33.7 Å². The van der Waals surface area contributed by atoms with Gasteiger partial charge < -0.3 is 29.5 Å². The molecule has 0 saturated carbocycles. The van der Waals surface area contributed by atoms with Gasteiger partial charge in [-0.2, -0.15) is 0 Å². The molecule has 1 aliphatic heterocycles. The van der Waals surface area contributed by atoms with Gasteiger partial charge in [0.1, 0.15) is 11.4 Å². The number of amides is 2. The molecule has 2 N–H and O–H groups in total. The molecule has 1 saturated heterocycles. The number of ether oxygens (including phenoxy) is 3. The standard InChI is InChI=1S/C22H32N2O7/c1-14(25)16-11-15(8-9-19(16)30-13-29-5)20(27)23-17-12-24(10-6-7-18(17)26)21(28)31-22(2,3)4/h8-9,11,17-18,26H,6-7,10,12-13H2,1-5H3,(H,23,27)/t17-,18-/m1/s1. The van der Waals surface area contributed by atoms with E-state index in [1.54, 1.807) is 20.8 Å². The zero-order chi connectivity index (χ0) is 23.2. The number of aliphatic hydroxyl groups excluding tert-OH is 1. The Morgan fingerprint density at radius 3 is 2.58 bits per heavy atom. The molecule has 1 aliphatic rings. The summed E-state index contributed by atoms with van der Waals surface area (Å²) in [5, 5.41) is 13.3. The van der Waals surface area contributed by atoms with Crippen LogP contribution in [0.25, 0.3) is 0 Å². The van der Waals surface area contributed by atoms with Gasteiger partial charge in [0.15, 0.2) is 12.6 Å². The van der Waals surface area contributed by atoms with Gasteiger partial charge in [0.05, 0.1) is 17.7 Å². The topological polar surface area (TPSA) is 114 Å². The lowest BCUT2D eigenvalue weighted by molar-refractivity contribution is 0.0223. The SMILES string of the molecule is COCOc1ccc(C(=O)N[C@@H]2CN(C(=O)OC(C)(C)C)CCC[C@H]2O)cc1C(C)=O. The highest BCUT2D eigenvalue weighted by molar-refractivity contribution is 6.01. The van der Waals surface area contributed by atoms with E-state index in [-0.39, 0.29) is 30.2 Å². The molecule has 0 aliphatic carbocycles. The minimum Gasteiger partial charge on any atom is -0.467 e. The molecule has 9 nitrogen and oxygen atoms in total. The Balaban J connectivity index is 2.15. The summed E-state index contributed by atoms with van der Waals surface area (Å²) in [7, 11) is 1.47. The lowest BCUT2D eigenvalue weighted by atomic mass is 10.0. The molecular weight excluding hydrogens is 404 g/mol. The first-order valence-electron chi connectivity index (χ1n) is 10.3. The molecule has 0 radical (unpaired) electrons. The fourth-order valence-electron chi connectivity index (χ4n) is 3.22. The quantitative estimate of drug-likeness (QED) is 0.520. The number of aliphatic hydroxyl groups is 1. The van der Waals surface area contributed by atoms with Crippen LogP contribution in [0, 0.1) is 0 Å². The number of hydrogen-bond acceptors (Lipinski definition) is 7. The Labute approximate surface area is 182 Å². The third kappa shape index (κ3) is 7.22. The first-order chi connectivity index (χ1) is 14.5. The third-order valence-corrected chi connectivity index (χ3v) is 4.73. The number of carbonyl (C=O) groups is 3. The second kappa shape index (κ2) is 10.6. The van der Waals surface area contributed by atoms with Crippen molar-refractivity contribution >= 4 is 17.8 Å². The zero-order valence-corrected chi connectivity index (χ0v) is 18.8. The van der Waals surface area contributed by atoms with Gasteiger partial charge in [0, 0.05) is 25.8 Å². The van der Waals surface area contributed by atoms with E-state index in [0.717, 1.165) is 0 Å². The van der Waals surface area contributed by atoms with Crippen LogP contribution in [0.15, 0.2) is 18.2 Å².